The van der Waals surface area contributed by atoms with Gasteiger partial charge in [-0.25, -0.2) is 9.69 Å². The summed E-state index contributed by atoms with van der Waals surface area (Å²) in [4.78, 5) is 47.3. The van der Waals surface area contributed by atoms with Crippen LogP contribution in [0.15, 0.2) is 65.1 Å². The maximum Gasteiger partial charge on any atom is 0.416 e. The molecule has 10 heteroatoms. The minimum absolute atomic E-state index is 0.176. The van der Waals surface area contributed by atoms with Crippen molar-refractivity contribution < 1.29 is 28.3 Å². The monoisotopic (exact) mass is 612 g/mol. The number of carbonyl (C=O) groups excluding carboxylic acids is 3. The molecular formula is C35H40N4O6. The summed E-state index contributed by atoms with van der Waals surface area (Å²) in [6, 6.07) is 19.2. The highest BCUT2D eigenvalue weighted by Gasteiger charge is 2.40. The number of nitrogens with zero attached hydrogens (tertiary/aromatic N) is 3. The van der Waals surface area contributed by atoms with Crippen LogP contribution in [0.1, 0.15) is 39.9 Å². The molecule has 2 unspecified atom stereocenters. The Bertz CT molecular complexity index is 1670. The van der Waals surface area contributed by atoms with E-state index in [1.54, 1.807) is 14.2 Å². The van der Waals surface area contributed by atoms with Gasteiger partial charge in [-0.05, 0) is 50.3 Å². The molecule has 1 N–H and O–H groups in total. The maximum absolute atomic E-state index is 13.6. The number of pyridine rings is 1. The lowest BCUT2D eigenvalue weighted by atomic mass is 10.00. The predicted octanol–water partition coefficient (Wildman–Crippen LogP) is 5.54. The molecule has 236 valence electrons. The molecule has 4 aromatic rings. The van der Waals surface area contributed by atoms with Crippen LogP contribution in [0.5, 0.6) is 0 Å². The second-order valence-electron chi connectivity index (χ2n) is 11.6. The average Bonchev–Trinajstić information content (AvgIpc) is 3.59. The first-order valence-electron chi connectivity index (χ1n) is 15.2. The summed E-state index contributed by atoms with van der Waals surface area (Å²) in [5.74, 6) is 0.174. The number of rotatable bonds is 12. The molecule has 10 nitrogen and oxygen atoms in total. The Balaban J connectivity index is 1.30. The van der Waals surface area contributed by atoms with Gasteiger partial charge in [0, 0.05) is 33.3 Å². The van der Waals surface area contributed by atoms with Crippen LogP contribution in [-0.2, 0) is 20.7 Å². The standard InChI is InChI=1S/C35H40N4O6/c1-22-13-15-25(16-14-22)30-29(32(40)36-3)28-18-23(2)31(37-33(28)45-30)38(4)17-9-12-26(20-43-5)34(41)39-27(21-44-35(39)42)19-24-10-7-6-8-11-24/h6-8,10-11,13-16,18,26-27H,9,12,17,19-21H2,1-5H3,(H,36,40). The number of nitrogens with one attached hydrogen (secondary N) is 1. The van der Waals surface area contributed by atoms with Crippen molar-refractivity contribution in [1.29, 1.82) is 0 Å². The van der Waals surface area contributed by atoms with E-state index in [2.05, 4.69) is 5.32 Å². The summed E-state index contributed by atoms with van der Waals surface area (Å²) in [5, 5.41) is 3.37. The molecule has 0 saturated carbocycles. The van der Waals surface area contributed by atoms with Crippen molar-refractivity contribution in [1.82, 2.24) is 15.2 Å². The van der Waals surface area contributed by atoms with Crippen LogP contribution in [0.2, 0.25) is 0 Å². The summed E-state index contributed by atoms with van der Waals surface area (Å²) in [6.07, 6.45) is 1.10. The zero-order valence-corrected chi connectivity index (χ0v) is 26.5. The highest BCUT2D eigenvalue weighted by atomic mass is 16.6. The number of ether oxygens (including phenoxy) is 2. The molecule has 3 amide bonds. The Morgan fingerprint density at radius 2 is 1.87 bits per heavy atom. The van der Waals surface area contributed by atoms with E-state index >= 15 is 0 Å². The lowest BCUT2D eigenvalue weighted by molar-refractivity contribution is -0.135. The Kier molecular flexibility index (Phi) is 9.83. The summed E-state index contributed by atoms with van der Waals surface area (Å²) in [5.41, 5.74) is 4.66. The number of hydrogen-bond acceptors (Lipinski definition) is 8. The van der Waals surface area contributed by atoms with E-state index in [-0.39, 0.29) is 31.1 Å². The van der Waals surface area contributed by atoms with Gasteiger partial charge in [-0.1, -0.05) is 60.2 Å². The molecule has 2 atom stereocenters. The number of carbonyl (C=O) groups is 3. The quantitative estimate of drug-likeness (QED) is 0.222. The molecule has 5 rings (SSSR count). The summed E-state index contributed by atoms with van der Waals surface area (Å²) in [6.45, 7) is 4.93. The van der Waals surface area contributed by atoms with Crippen LogP contribution in [0.3, 0.4) is 0 Å². The molecule has 0 bridgehead atoms. The van der Waals surface area contributed by atoms with Crippen LogP contribution in [0, 0.1) is 19.8 Å². The number of imide groups is 1. The minimum Gasteiger partial charge on any atom is -0.447 e. The summed E-state index contributed by atoms with van der Waals surface area (Å²) in [7, 11) is 5.09. The van der Waals surface area contributed by atoms with E-state index in [0.717, 1.165) is 28.1 Å². The fourth-order valence-corrected chi connectivity index (χ4v) is 5.88. The van der Waals surface area contributed by atoms with E-state index in [0.29, 0.717) is 48.2 Å². The lowest BCUT2D eigenvalue weighted by Gasteiger charge is -2.26. The van der Waals surface area contributed by atoms with Gasteiger partial charge in [0.2, 0.25) is 11.6 Å². The molecular weight excluding hydrogens is 572 g/mol. The van der Waals surface area contributed by atoms with Crippen molar-refractivity contribution in [3.8, 4) is 11.3 Å². The number of anilines is 1. The van der Waals surface area contributed by atoms with Gasteiger partial charge >= 0.3 is 6.09 Å². The number of methoxy groups -OCH3 is 1. The Hall–Kier alpha value is -4.70. The Morgan fingerprint density at radius 3 is 2.56 bits per heavy atom. The number of benzene rings is 2. The first-order valence-corrected chi connectivity index (χ1v) is 15.2. The van der Waals surface area contributed by atoms with Crippen LogP contribution in [0.4, 0.5) is 10.6 Å². The largest absolute Gasteiger partial charge is 0.447 e. The molecule has 1 aliphatic rings. The van der Waals surface area contributed by atoms with Crippen LogP contribution >= 0.6 is 0 Å². The molecule has 2 aromatic heterocycles. The van der Waals surface area contributed by atoms with Gasteiger partial charge in [0.15, 0.2) is 0 Å². The van der Waals surface area contributed by atoms with E-state index in [1.165, 1.54) is 4.90 Å². The number of aromatic nitrogens is 1. The fraction of sp³-hybridized carbons (Fsp3) is 0.371. The van der Waals surface area contributed by atoms with Crippen molar-refractivity contribution in [2.45, 2.75) is 39.2 Å². The number of amides is 3. The normalized spacial score (nSPS) is 15.3. The van der Waals surface area contributed by atoms with Gasteiger partial charge in [0.05, 0.1) is 29.5 Å². The number of hydrogen-bond donors (Lipinski definition) is 1. The minimum atomic E-state index is -0.605. The van der Waals surface area contributed by atoms with Crippen molar-refractivity contribution >= 4 is 34.8 Å². The third-order valence-electron chi connectivity index (χ3n) is 8.25. The Labute approximate surface area is 263 Å². The molecule has 0 aliphatic carbocycles. The molecule has 0 spiro atoms. The average molecular weight is 613 g/mol. The van der Waals surface area contributed by atoms with E-state index < -0.39 is 12.0 Å². The number of aryl methyl sites for hydroxylation is 2. The van der Waals surface area contributed by atoms with Crippen LogP contribution < -0.4 is 10.2 Å². The number of fused-ring (bicyclic) bond motifs is 1. The third-order valence-corrected chi connectivity index (χ3v) is 8.25. The van der Waals surface area contributed by atoms with Gasteiger partial charge in [-0.2, -0.15) is 4.98 Å². The SMILES string of the molecule is CNC(=O)c1c(-c2ccc(C)cc2)oc2nc(N(C)CCCC(COC)C(=O)N3C(=O)OCC3Cc3ccccc3)c(C)cc12. The third kappa shape index (κ3) is 6.86. The van der Waals surface area contributed by atoms with Crippen molar-refractivity contribution in [2.24, 2.45) is 5.92 Å². The summed E-state index contributed by atoms with van der Waals surface area (Å²) < 4.78 is 16.9. The topological polar surface area (TPSA) is 114 Å². The highest BCUT2D eigenvalue weighted by molar-refractivity contribution is 6.10. The van der Waals surface area contributed by atoms with Crippen LogP contribution in [-0.4, -0.2) is 74.8 Å². The molecule has 1 aliphatic heterocycles. The lowest BCUT2D eigenvalue weighted by Crippen LogP contribution is -2.44. The molecule has 45 heavy (non-hydrogen) atoms. The van der Waals surface area contributed by atoms with Crippen molar-refractivity contribution in [3.05, 3.63) is 82.9 Å². The fourth-order valence-electron chi connectivity index (χ4n) is 5.88. The van der Waals surface area contributed by atoms with Gasteiger partial charge < -0.3 is 24.1 Å². The van der Waals surface area contributed by atoms with Gasteiger partial charge in [0.1, 0.15) is 18.2 Å². The first-order chi connectivity index (χ1) is 21.7. The smallest absolute Gasteiger partial charge is 0.416 e. The Morgan fingerprint density at radius 1 is 1.13 bits per heavy atom. The van der Waals surface area contributed by atoms with Crippen LogP contribution in [0.25, 0.3) is 22.4 Å². The number of cyclic esters (lactones) is 1. The van der Waals surface area contributed by atoms with E-state index in [4.69, 9.17) is 18.9 Å². The van der Waals surface area contributed by atoms with Gasteiger partial charge in [-0.3, -0.25) is 9.59 Å². The van der Waals surface area contributed by atoms with Crippen molar-refractivity contribution in [2.75, 3.05) is 45.9 Å². The summed E-state index contributed by atoms with van der Waals surface area (Å²) >= 11 is 0. The zero-order valence-electron chi connectivity index (χ0n) is 26.5. The van der Waals surface area contributed by atoms with Crippen molar-refractivity contribution in [3.63, 3.8) is 0 Å². The van der Waals surface area contributed by atoms with E-state index in [1.807, 2.05) is 86.5 Å². The molecule has 2 aromatic carbocycles. The second-order valence-corrected chi connectivity index (χ2v) is 11.6. The number of furan rings is 1. The van der Waals surface area contributed by atoms with E-state index in [9.17, 15) is 14.4 Å². The molecule has 3 heterocycles. The second kappa shape index (κ2) is 13.9. The highest BCUT2D eigenvalue weighted by Crippen LogP contribution is 2.35. The molecule has 1 fully saturated rings. The van der Waals surface area contributed by atoms with Gasteiger partial charge in [-0.15, -0.1) is 0 Å². The predicted molar refractivity (Wildman–Crippen MR) is 172 cm³/mol. The first kappa shape index (κ1) is 31.7. The van der Waals surface area contributed by atoms with Gasteiger partial charge in [0.25, 0.3) is 5.91 Å². The zero-order chi connectivity index (χ0) is 32.1. The molecule has 1 saturated heterocycles. The maximum atomic E-state index is 13.6. The molecule has 0 radical (unpaired) electrons.